The van der Waals surface area contributed by atoms with Crippen LogP contribution < -0.4 is 5.32 Å². The number of unbranched alkanes of at least 4 members (excludes halogenated alkanes) is 1. The minimum atomic E-state index is -0.327. The van der Waals surface area contributed by atoms with E-state index in [0.717, 1.165) is 16.6 Å². The zero-order chi connectivity index (χ0) is 15.0. The molecule has 0 aromatic carbocycles. The molecular weight excluding hydrogens is 272 g/mol. The van der Waals surface area contributed by atoms with Crippen LogP contribution in [0, 0.1) is 12.8 Å². The first-order valence-electron chi connectivity index (χ1n) is 7.50. The van der Waals surface area contributed by atoms with Gasteiger partial charge < -0.3 is 10.1 Å². The molecule has 1 atom stereocenters. The standard InChI is InChI=1S/C15H26N2O2S/c1-5-8-9-12(6-2)10-16-15-17-13(11(4)20-15)14(18)19-7-3/h12H,5-10H2,1-4H3,(H,16,17). The number of hydrogen-bond donors (Lipinski definition) is 1. The van der Waals surface area contributed by atoms with Gasteiger partial charge in [-0.25, -0.2) is 9.78 Å². The molecule has 1 aromatic heterocycles. The Morgan fingerprint density at radius 1 is 1.40 bits per heavy atom. The summed E-state index contributed by atoms with van der Waals surface area (Å²) in [6.07, 6.45) is 4.92. The van der Waals surface area contributed by atoms with E-state index >= 15 is 0 Å². The van der Waals surface area contributed by atoms with Gasteiger partial charge in [-0.3, -0.25) is 0 Å². The molecule has 0 aliphatic rings. The molecule has 0 aliphatic carbocycles. The van der Waals surface area contributed by atoms with Gasteiger partial charge in [0, 0.05) is 11.4 Å². The highest BCUT2D eigenvalue weighted by Gasteiger charge is 2.16. The van der Waals surface area contributed by atoms with Gasteiger partial charge in [-0.1, -0.05) is 33.1 Å². The van der Waals surface area contributed by atoms with Gasteiger partial charge in [-0.15, -0.1) is 11.3 Å². The highest BCUT2D eigenvalue weighted by Crippen LogP contribution is 2.23. The second-order valence-electron chi connectivity index (χ2n) is 4.94. The maximum absolute atomic E-state index is 11.7. The van der Waals surface area contributed by atoms with E-state index in [1.165, 1.54) is 37.0 Å². The number of aryl methyl sites for hydroxylation is 1. The number of esters is 1. The van der Waals surface area contributed by atoms with Crippen LogP contribution >= 0.6 is 11.3 Å². The average Bonchev–Trinajstić information content (AvgIpc) is 2.80. The third-order valence-corrected chi connectivity index (χ3v) is 4.28. The summed E-state index contributed by atoms with van der Waals surface area (Å²) >= 11 is 1.52. The van der Waals surface area contributed by atoms with Gasteiger partial charge in [0.1, 0.15) is 0 Å². The summed E-state index contributed by atoms with van der Waals surface area (Å²) < 4.78 is 5.00. The van der Waals surface area contributed by atoms with E-state index in [1.54, 1.807) is 6.92 Å². The smallest absolute Gasteiger partial charge is 0.358 e. The van der Waals surface area contributed by atoms with Gasteiger partial charge in [0.2, 0.25) is 0 Å². The fourth-order valence-corrected chi connectivity index (χ4v) is 2.84. The first-order chi connectivity index (χ1) is 9.62. The van der Waals surface area contributed by atoms with E-state index in [2.05, 4.69) is 24.1 Å². The number of ether oxygens (including phenoxy) is 1. The molecule has 0 amide bonds. The molecule has 1 heterocycles. The number of aromatic nitrogens is 1. The summed E-state index contributed by atoms with van der Waals surface area (Å²) in [6, 6.07) is 0. The van der Waals surface area contributed by atoms with Gasteiger partial charge >= 0.3 is 5.97 Å². The Morgan fingerprint density at radius 2 is 2.15 bits per heavy atom. The molecule has 0 aliphatic heterocycles. The number of nitrogens with one attached hydrogen (secondary N) is 1. The number of nitrogens with zero attached hydrogens (tertiary/aromatic N) is 1. The second-order valence-corrected chi connectivity index (χ2v) is 6.14. The summed E-state index contributed by atoms with van der Waals surface area (Å²) in [4.78, 5) is 17.0. The third kappa shape index (κ3) is 5.12. The quantitative estimate of drug-likeness (QED) is 0.692. The topological polar surface area (TPSA) is 51.2 Å². The number of thiazole rings is 1. The minimum Gasteiger partial charge on any atom is -0.461 e. The van der Waals surface area contributed by atoms with Crippen LogP contribution in [0.4, 0.5) is 5.13 Å². The summed E-state index contributed by atoms with van der Waals surface area (Å²) in [6.45, 7) is 9.45. The number of anilines is 1. The minimum absolute atomic E-state index is 0.327. The molecule has 0 radical (unpaired) electrons. The monoisotopic (exact) mass is 298 g/mol. The van der Waals surface area contributed by atoms with Crippen LogP contribution in [0.3, 0.4) is 0 Å². The van der Waals surface area contributed by atoms with Crippen LogP contribution in [-0.2, 0) is 4.74 Å². The van der Waals surface area contributed by atoms with Crippen molar-refractivity contribution in [3.63, 3.8) is 0 Å². The molecule has 4 nitrogen and oxygen atoms in total. The Balaban J connectivity index is 2.56. The lowest BCUT2D eigenvalue weighted by molar-refractivity contribution is 0.0519. The molecule has 0 saturated carbocycles. The second kappa shape index (κ2) is 8.95. The molecule has 114 valence electrons. The first-order valence-corrected chi connectivity index (χ1v) is 8.32. The fraction of sp³-hybridized carbons (Fsp3) is 0.733. The zero-order valence-corrected chi connectivity index (χ0v) is 13.8. The number of hydrogen-bond acceptors (Lipinski definition) is 5. The summed E-state index contributed by atoms with van der Waals surface area (Å²) in [5.41, 5.74) is 0.445. The Kier molecular flexibility index (Phi) is 7.59. The van der Waals surface area contributed by atoms with Crippen molar-refractivity contribution < 1.29 is 9.53 Å². The molecule has 5 heteroatoms. The number of rotatable bonds is 9. The largest absolute Gasteiger partial charge is 0.461 e. The molecule has 0 bridgehead atoms. The predicted octanol–water partition coefficient (Wildman–Crippen LogP) is 4.26. The van der Waals surface area contributed by atoms with Crippen molar-refractivity contribution in [1.82, 2.24) is 4.98 Å². The van der Waals surface area contributed by atoms with Gasteiger partial charge in [-0.05, 0) is 26.2 Å². The van der Waals surface area contributed by atoms with Crippen molar-refractivity contribution in [3.8, 4) is 0 Å². The molecule has 1 aromatic rings. The molecule has 0 spiro atoms. The summed E-state index contributed by atoms with van der Waals surface area (Å²) in [7, 11) is 0. The predicted molar refractivity (Wildman–Crippen MR) is 84.6 cm³/mol. The average molecular weight is 298 g/mol. The van der Waals surface area contributed by atoms with Crippen molar-refractivity contribution in [1.29, 1.82) is 0 Å². The van der Waals surface area contributed by atoms with Crippen molar-refractivity contribution in [2.24, 2.45) is 5.92 Å². The lowest BCUT2D eigenvalue weighted by Crippen LogP contribution is -2.14. The van der Waals surface area contributed by atoms with Gasteiger partial charge in [-0.2, -0.15) is 0 Å². The van der Waals surface area contributed by atoms with Crippen LogP contribution in [0.15, 0.2) is 0 Å². The van der Waals surface area contributed by atoms with Crippen LogP contribution in [0.2, 0.25) is 0 Å². The van der Waals surface area contributed by atoms with Crippen LogP contribution in [0.5, 0.6) is 0 Å². The van der Waals surface area contributed by atoms with Crippen molar-refractivity contribution in [3.05, 3.63) is 10.6 Å². The molecule has 20 heavy (non-hydrogen) atoms. The third-order valence-electron chi connectivity index (χ3n) is 3.35. The van der Waals surface area contributed by atoms with Gasteiger partial charge in [0.25, 0.3) is 0 Å². The highest BCUT2D eigenvalue weighted by molar-refractivity contribution is 7.15. The van der Waals surface area contributed by atoms with Gasteiger partial charge in [0.15, 0.2) is 10.8 Å². The Labute approximate surface area is 125 Å². The fourth-order valence-electron chi connectivity index (χ4n) is 2.04. The van der Waals surface area contributed by atoms with E-state index in [1.807, 2.05) is 6.92 Å². The van der Waals surface area contributed by atoms with E-state index in [-0.39, 0.29) is 5.97 Å². The normalized spacial score (nSPS) is 12.2. The number of carbonyl (C=O) groups is 1. The molecule has 0 saturated heterocycles. The van der Waals surface area contributed by atoms with E-state index in [4.69, 9.17) is 4.74 Å². The number of carbonyl (C=O) groups excluding carboxylic acids is 1. The molecule has 0 fully saturated rings. The Bertz CT molecular complexity index is 418. The molecular formula is C15H26N2O2S. The van der Waals surface area contributed by atoms with E-state index in [9.17, 15) is 4.79 Å². The maximum atomic E-state index is 11.7. The molecule has 1 N–H and O–H groups in total. The summed E-state index contributed by atoms with van der Waals surface area (Å²) in [5, 5.41) is 4.18. The maximum Gasteiger partial charge on any atom is 0.358 e. The summed E-state index contributed by atoms with van der Waals surface area (Å²) in [5.74, 6) is 0.345. The van der Waals surface area contributed by atoms with Crippen molar-refractivity contribution in [2.45, 2.75) is 53.4 Å². The lowest BCUT2D eigenvalue weighted by atomic mass is 10.00. The lowest BCUT2D eigenvalue weighted by Gasteiger charge is -2.14. The SMILES string of the molecule is CCCCC(CC)CNc1nc(C(=O)OCC)c(C)s1. The zero-order valence-electron chi connectivity index (χ0n) is 13.0. The van der Waals surface area contributed by atoms with Gasteiger partial charge in [0.05, 0.1) is 6.61 Å². The van der Waals surface area contributed by atoms with Crippen LogP contribution in [-0.4, -0.2) is 24.1 Å². The Hall–Kier alpha value is -1.10. The molecule has 1 rings (SSSR count). The Morgan fingerprint density at radius 3 is 2.75 bits per heavy atom. The van der Waals surface area contributed by atoms with E-state index < -0.39 is 0 Å². The van der Waals surface area contributed by atoms with Crippen molar-refractivity contribution >= 4 is 22.4 Å². The molecule has 1 unspecified atom stereocenters. The van der Waals surface area contributed by atoms with E-state index in [0.29, 0.717) is 18.2 Å². The van der Waals surface area contributed by atoms with Crippen LogP contribution in [0.25, 0.3) is 0 Å². The highest BCUT2D eigenvalue weighted by atomic mass is 32.1. The first kappa shape index (κ1) is 17.0. The van der Waals surface area contributed by atoms with Crippen LogP contribution in [0.1, 0.15) is 61.8 Å². The van der Waals surface area contributed by atoms with Crippen molar-refractivity contribution in [2.75, 3.05) is 18.5 Å².